The molecule has 2 rings (SSSR count). The van der Waals surface area contributed by atoms with Crippen molar-refractivity contribution in [1.29, 1.82) is 0 Å². The van der Waals surface area contributed by atoms with Gasteiger partial charge in [0, 0.05) is 31.9 Å². The lowest BCUT2D eigenvalue weighted by Crippen LogP contribution is -2.38. The second-order valence-electron chi connectivity index (χ2n) is 3.30. The summed E-state index contributed by atoms with van der Waals surface area (Å²) in [4.78, 5) is 9.87. The molecule has 81 valence electrons. The first-order chi connectivity index (χ1) is 7.45. The maximum Gasteiger partial charge on any atom is 0.216 e. The second kappa shape index (κ2) is 5.63. The molecule has 0 bridgehead atoms. The second-order valence-corrected chi connectivity index (χ2v) is 3.30. The molecule has 0 aliphatic carbocycles. The largest absolute Gasteiger partial charge is 0.476 e. The Labute approximate surface area is 89.0 Å². The summed E-state index contributed by atoms with van der Waals surface area (Å²) in [7, 11) is 0. The Bertz CT molecular complexity index is 275. The molecule has 0 atom stereocenters. The van der Waals surface area contributed by atoms with Crippen molar-refractivity contribution in [2.75, 3.05) is 39.5 Å². The van der Waals surface area contributed by atoms with Gasteiger partial charge in [0.05, 0.1) is 13.2 Å². The van der Waals surface area contributed by atoms with Crippen molar-refractivity contribution in [2.24, 2.45) is 0 Å². The molecule has 0 spiro atoms. The molecule has 1 aliphatic rings. The van der Waals surface area contributed by atoms with Gasteiger partial charge in [-0.05, 0) is 0 Å². The Hall–Kier alpha value is -1.20. The van der Waals surface area contributed by atoms with Crippen molar-refractivity contribution in [2.45, 2.75) is 0 Å². The summed E-state index contributed by atoms with van der Waals surface area (Å²) >= 11 is 0. The molecule has 15 heavy (non-hydrogen) atoms. The van der Waals surface area contributed by atoms with Crippen LogP contribution in [-0.4, -0.2) is 54.3 Å². The molecule has 0 saturated carbocycles. The van der Waals surface area contributed by atoms with Crippen molar-refractivity contribution in [3.05, 3.63) is 18.6 Å². The van der Waals surface area contributed by atoms with Crippen LogP contribution < -0.4 is 4.74 Å². The first-order valence-electron chi connectivity index (χ1n) is 5.07. The number of ether oxygens (including phenoxy) is 2. The summed E-state index contributed by atoms with van der Waals surface area (Å²) in [6.45, 7) is 5.17. The van der Waals surface area contributed by atoms with Crippen LogP contribution in [0.5, 0.6) is 5.88 Å². The normalized spacial score (nSPS) is 17.6. The quantitative estimate of drug-likeness (QED) is 0.696. The van der Waals surface area contributed by atoms with Gasteiger partial charge in [0.15, 0.2) is 0 Å². The van der Waals surface area contributed by atoms with Gasteiger partial charge in [-0.2, -0.15) is 4.98 Å². The fourth-order valence-corrected chi connectivity index (χ4v) is 1.43. The third-order valence-corrected chi connectivity index (χ3v) is 2.27. The van der Waals surface area contributed by atoms with Gasteiger partial charge in [0.1, 0.15) is 6.61 Å². The molecular weight excluding hydrogens is 194 g/mol. The summed E-state index contributed by atoms with van der Waals surface area (Å²) in [5.41, 5.74) is 0. The van der Waals surface area contributed by atoms with Crippen LogP contribution in [0, 0.1) is 6.33 Å². The Morgan fingerprint density at radius 3 is 3.07 bits per heavy atom. The van der Waals surface area contributed by atoms with E-state index in [1.54, 1.807) is 12.3 Å². The molecule has 1 radical (unpaired) electrons. The van der Waals surface area contributed by atoms with E-state index in [-0.39, 0.29) is 0 Å². The van der Waals surface area contributed by atoms with E-state index in [9.17, 15) is 0 Å². The van der Waals surface area contributed by atoms with Crippen LogP contribution in [0.2, 0.25) is 0 Å². The molecule has 0 amide bonds. The maximum atomic E-state index is 5.44. The highest BCUT2D eigenvalue weighted by Crippen LogP contribution is 2.02. The number of rotatable bonds is 4. The van der Waals surface area contributed by atoms with Crippen molar-refractivity contribution in [1.82, 2.24) is 14.9 Å². The predicted molar refractivity (Wildman–Crippen MR) is 53.6 cm³/mol. The SMILES string of the molecule is [c]1nccc(OCCN2CCOCC2)n1. The van der Waals surface area contributed by atoms with Gasteiger partial charge >= 0.3 is 0 Å². The summed E-state index contributed by atoms with van der Waals surface area (Å²) in [5.74, 6) is 0.582. The first-order valence-corrected chi connectivity index (χ1v) is 5.07. The first kappa shape index (κ1) is 10.3. The minimum atomic E-state index is 0.582. The van der Waals surface area contributed by atoms with Gasteiger partial charge in [-0.3, -0.25) is 4.90 Å². The van der Waals surface area contributed by atoms with E-state index < -0.39 is 0 Å². The van der Waals surface area contributed by atoms with Crippen molar-refractivity contribution in [3.8, 4) is 5.88 Å². The van der Waals surface area contributed by atoms with E-state index in [1.807, 2.05) is 0 Å². The number of hydrogen-bond acceptors (Lipinski definition) is 5. The fourth-order valence-electron chi connectivity index (χ4n) is 1.43. The fraction of sp³-hybridized carbons (Fsp3) is 0.600. The minimum Gasteiger partial charge on any atom is -0.476 e. The van der Waals surface area contributed by atoms with Crippen LogP contribution in [0.1, 0.15) is 0 Å². The molecule has 0 unspecified atom stereocenters. The molecule has 5 heteroatoms. The number of aromatic nitrogens is 2. The summed E-state index contributed by atoms with van der Waals surface area (Å²) in [6, 6.07) is 1.73. The van der Waals surface area contributed by atoms with E-state index >= 15 is 0 Å². The highest BCUT2D eigenvalue weighted by Gasteiger charge is 2.09. The van der Waals surface area contributed by atoms with Gasteiger partial charge in [0.2, 0.25) is 12.2 Å². The molecule has 0 aromatic carbocycles. The van der Waals surface area contributed by atoms with Crippen LogP contribution in [0.25, 0.3) is 0 Å². The molecule has 0 N–H and O–H groups in total. The van der Waals surface area contributed by atoms with Crippen LogP contribution in [-0.2, 0) is 4.74 Å². The van der Waals surface area contributed by atoms with E-state index in [1.165, 1.54) is 0 Å². The average molecular weight is 208 g/mol. The van der Waals surface area contributed by atoms with E-state index in [2.05, 4.69) is 21.2 Å². The predicted octanol–water partition coefficient (Wildman–Crippen LogP) is -0.0122. The van der Waals surface area contributed by atoms with Gasteiger partial charge in [-0.1, -0.05) is 0 Å². The molecule has 1 fully saturated rings. The van der Waals surface area contributed by atoms with Crippen LogP contribution >= 0.6 is 0 Å². The van der Waals surface area contributed by atoms with Crippen molar-refractivity contribution < 1.29 is 9.47 Å². The van der Waals surface area contributed by atoms with Crippen LogP contribution in [0.3, 0.4) is 0 Å². The zero-order valence-corrected chi connectivity index (χ0v) is 8.56. The van der Waals surface area contributed by atoms with Crippen molar-refractivity contribution in [3.63, 3.8) is 0 Å². The molecule has 1 aromatic rings. The van der Waals surface area contributed by atoms with Crippen LogP contribution in [0.4, 0.5) is 0 Å². The van der Waals surface area contributed by atoms with Gasteiger partial charge < -0.3 is 9.47 Å². The summed E-state index contributed by atoms with van der Waals surface area (Å²) in [6.07, 6.45) is 4.11. The lowest BCUT2D eigenvalue weighted by atomic mass is 10.4. The molecule has 2 heterocycles. The van der Waals surface area contributed by atoms with Gasteiger partial charge in [-0.15, -0.1) is 0 Å². The monoisotopic (exact) mass is 208 g/mol. The molecule has 1 saturated heterocycles. The number of morpholine rings is 1. The molecule has 5 nitrogen and oxygen atoms in total. The van der Waals surface area contributed by atoms with E-state index in [4.69, 9.17) is 9.47 Å². The van der Waals surface area contributed by atoms with Crippen LogP contribution in [0.15, 0.2) is 12.3 Å². The minimum absolute atomic E-state index is 0.582. The molecule has 1 aliphatic heterocycles. The van der Waals surface area contributed by atoms with Gasteiger partial charge in [-0.25, -0.2) is 4.98 Å². The highest BCUT2D eigenvalue weighted by atomic mass is 16.5. The Balaban J connectivity index is 1.66. The average Bonchev–Trinajstić information content (AvgIpc) is 2.32. The molecular formula is C10H14N3O2. The van der Waals surface area contributed by atoms with E-state index in [0.29, 0.717) is 12.5 Å². The standard InChI is InChI=1S/C10H14N3O2/c1-2-11-9-12-10(1)15-8-5-13-3-6-14-7-4-13/h1-2H,3-8H2. The summed E-state index contributed by atoms with van der Waals surface area (Å²) < 4.78 is 10.7. The lowest BCUT2D eigenvalue weighted by Gasteiger charge is -2.26. The number of hydrogen-bond donors (Lipinski definition) is 0. The highest BCUT2D eigenvalue weighted by molar-refractivity contribution is 5.03. The zero-order valence-electron chi connectivity index (χ0n) is 8.56. The van der Waals surface area contributed by atoms with E-state index in [0.717, 1.165) is 32.8 Å². The lowest BCUT2D eigenvalue weighted by molar-refractivity contribution is 0.0320. The number of nitrogens with zero attached hydrogens (tertiary/aromatic N) is 3. The smallest absolute Gasteiger partial charge is 0.216 e. The Kier molecular flexibility index (Phi) is 3.87. The molecule has 1 aromatic heterocycles. The zero-order chi connectivity index (χ0) is 10.3. The maximum absolute atomic E-state index is 5.44. The Morgan fingerprint density at radius 2 is 2.33 bits per heavy atom. The van der Waals surface area contributed by atoms with Gasteiger partial charge in [0.25, 0.3) is 0 Å². The summed E-state index contributed by atoms with van der Waals surface area (Å²) in [5, 5.41) is 0. The topological polar surface area (TPSA) is 47.5 Å². The third kappa shape index (κ3) is 3.45. The Morgan fingerprint density at radius 1 is 1.47 bits per heavy atom. The third-order valence-electron chi connectivity index (χ3n) is 2.27. The van der Waals surface area contributed by atoms with Crippen molar-refractivity contribution >= 4 is 0 Å².